The second kappa shape index (κ2) is 8.55. The molecule has 2 unspecified atom stereocenters. The summed E-state index contributed by atoms with van der Waals surface area (Å²) < 4.78 is 16.0. The molecule has 2 N–H and O–H groups in total. The number of rotatable bonds is 4. The number of imide groups is 2. The molecule has 1 fully saturated rings. The van der Waals surface area contributed by atoms with Gasteiger partial charge in [-0.2, -0.15) is 0 Å². The first-order valence-corrected chi connectivity index (χ1v) is 13.6. The monoisotopic (exact) mass is 568 g/mol. The van der Waals surface area contributed by atoms with Crippen molar-refractivity contribution in [3.05, 3.63) is 70.1 Å². The van der Waals surface area contributed by atoms with E-state index in [4.69, 9.17) is 9.47 Å². The molecule has 1 spiro atoms. The number of hydrogen-bond acceptors (Lipinski definition) is 8. The fraction of sp³-hybridized carbons (Fsp3) is 0.240. The topological polar surface area (TPSA) is 120 Å². The third-order valence-corrected chi connectivity index (χ3v) is 10.1. The molecule has 0 saturated carbocycles. The Balaban J connectivity index is 1.66. The number of hydrogen-bond donors (Lipinski definition) is 2. The fourth-order valence-electron chi connectivity index (χ4n) is 5.51. The number of barbiturate groups is 1. The summed E-state index contributed by atoms with van der Waals surface area (Å²) in [6, 6.07) is 13.9. The number of carbonyl (C=O) groups excluding carboxylic acids is 3. The summed E-state index contributed by atoms with van der Waals surface area (Å²) >= 11 is 1.51. The third-order valence-electron chi connectivity index (χ3n) is 7.09. The van der Waals surface area contributed by atoms with Gasteiger partial charge < -0.3 is 0 Å². The Morgan fingerprint density at radius 2 is 1.50 bits per heavy atom. The van der Waals surface area contributed by atoms with Crippen molar-refractivity contribution in [1.82, 2.24) is 19.8 Å². The number of ether oxygens (including phenoxy) is 2. The molecule has 2 aliphatic rings. The Morgan fingerprint density at radius 1 is 0.917 bits per heavy atom. The van der Waals surface area contributed by atoms with Gasteiger partial charge >= 0.3 is 216 Å². The Bertz CT molecular complexity index is 1490. The van der Waals surface area contributed by atoms with Crippen molar-refractivity contribution < 1.29 is 23.9 Å². The molecule has 1 saturated heterocycles. The molecule has 1 aliphatic carbocycles. The van der Waals surface area contributed by atoms with E-state index in [9.17, 15) is 14.4 Å². The van der Waals surface area contributed by atoms with Crippen LogP contribution < -0.4 is 20.1 Å². The van der Waals surface area contributed by atoms with E-state index < -0.39 is 35.1 Å². The molecular weight excluding hydrogens is 547 g/mol. The number of benzene rings is 2. The molecule has 3 heterocycles. The first-order valence-electron chi connectivity index (χ1n) is 11.2. The molecule has 2 atom stereocenters. The number of aromatic nitrogens is 2. The van der Waals surface area contributed by atoms with Gasteiger partial charge in [0.15, 0.2) is 0 Å². The van der Waals surface area contributed by atoms with Crippen molar-refractivity contribution in [2.24, 2.45) is 5.41 Å². The standard InChI is InChI=1S/C25H20N4O5SSe/c1-33-14-7-3-12(4-8-14)16-11-17-18(20-21(35-17)36-29-28-20)19(13-5-9-15(34-2)10-6-13)25(16)22(30)26-24(32)27-23(25)31/h3-10,16,19H,11H2,1-2H3,(H2,26,27,30,31,32). The van der Waals surface area contributed by atoms with E-state index >= 15 is 0 Å². The molecule has 6 rings (SSSR count). The summed E-state index contributed by atoms with van der Waals surface area (Å²) in [5.41, 5.74) is 1.52. The van der Waals surface area contributed by atoms with Crippen LogP contribution in [-0.2, 0) is 16.0 Å². The Labute approximate surface area is 215 Å². The van der Waals surface area contributed by atoms with Crippen molar-refractivity contribution in [3.63, 3.8) is 0 Å². The number of amides is 4. The molecule has 1 aliphatic heterocycles. The van der Waals surface area contributed by atoms with Gasteiger partial charge in [0.2, 0.25) is 0 Å². The van der Waals surface area contributed by atoms with E-state index in [2.05, 4.69) is 19.8 Å². The number of carbonyl (C=O) groups is 3. The van der Waals surface area contributed by atoms with Gasteiger partial charge in [-0.3, -0.25) is 0 Å². The molecule has 4 aromatic rings. The van der Waals surface area contributed by atoms with E-state index in [1.165, 1.54) is 0 Å². The van der Waals surface area contributed by atoms with E-state index in [1.807, 2.05) is 48.5 Å². The predicted octanol–water partition coefficient (Wildman–Crippen LogP) is 2.59. The number of urea groups is 1. The SMILES string of the molecule is COc1ccc(C2Cc3sc4[se]nnc4c3C(c3ccc(OC)cc3)C23C(=O)NC(=O)NC3=O)cc1. The van der Waals surface area contributed by atoms with Gasteiger partial charge in [0.05, 0.1) is 0 Å². The van der Waals surface area contributed by atoms with Crippen molar-refractivity contribution in [2.45, 2.75) is 18.3 Å². The average Bonchev–Trinajstić information content (AvgIpc) is 3.48. The van der Waals surface area contributed by atoms with Gasteiger partial charge in [-0.05, 0) is 0 Å². The zero-order chi connectivity index (χ0) is 25.0. The van der Waals surface area contributed by atoms with Crippen molar-refractivity contribution in [1.29, 1.82) is 0 Å². The predicted molar refractivity (Wildman–Crippen MR) is 133 cm³/mol. The number of nitrogens with one attached hydrogen (secondary N) is 2. The van der Waals surface area contributed by atoms with Crippen LogP contribution in [0, 0.1) is 5.41 Å². The Hall–Kier alpha value is -3.53. The molecule has 4 amide bonds. The quantitative estimate of drug-likeness (QED) is 0.288. The molecule has 11 heteroatoms. The van der Waals surface area contributed by atoms with Crippen LogP contribution >= 0.6 is 11.3 Å². The number of methoxy groups -OCH3 is 2. The van der Waals surface area contributed by atoms with Crippen molar-refractivity contribution in [2.75, 3.05) is 14.2 Å². The van der Waals surface area contributed by atoms with E-state index in [-0.39, 0.29) is 14.7 Å². The second-order valence-corrected chi connectivity index (χ2v) is 12.0. The average molecular weight is 567 g/mol. The zero-order valence-electron chi connectivity index (χ0n) is 19.2. The second-order valence-electron chi connectivity index (χ2n) is 8.69. The van der Waals surface area contributed by atoms with Gasteiger partial charge in [0, 0.05) is 0 Å². The Morgan fingerprint density at radius 3 is 2.08 bits per heavy atom. The molecule has 0 bridgehead atoms. The van der Waals surface area contributed by atoms with Gasteiger partial charge in [-0.15, -0.1) is 0 Å². The van der Waals surface area contributed by atoms with Crippen LogP contribution in [-0.4, -0.2) is 56.0 Å². The maximum atomic E-state index is 13.9. The summed E-state index contributed by atoms with van der Waals surface area (Å²) in [6.07, 6.45) is 0.451. The van der Waals surface area contributed by atoms with E-state index in [0.29, 0.717) is 17.9 Å². The van der Waals surface area contributed by atoms with Crippen LogP contribution in [0.4, 0.5) is 4.79 Å². The van der Waals surface area contributed by atoms with Crippen LogP contribution in [0.5, 0.6) is 11.5 Å². The van der Waals surface area contributed by atoms with Gasteiger partial charge in [-0.25, -0.2) is 0 Å². The number of nitrogens with zero attached hydrogens (tertiary/aromatic N) is 2. The summed E-state index contributed by atoms with van der Waals surface area (Å²) in [7, 11) is 3.16. The van der Waals surface area contributed by atoms with E-state index in [0.717, 1.165) is 30.7 Å². The first kappa shape index (κ1) is 22.9. The summed E-state index contributed by atoms with van der Waals surface area (Å²) in [6.45, 7) is 0. The summed E-state index contributed by atoms with van der Waals surface area (Å²) in [5, 5.41) is 9.24. The maximum absolute atomic E-state index is 13.9. The van der Waals surface area contributed by atoms with Gasteiger partial charge in [0.1, 0.15) is 0 Å². The first-order chi connectivity index (χ1) is 17.5. The zero-order valence-corrected chi connectivity index (χ0v) is 21.8. The minimum atomic E-state index is -1.63. The summed E-state index contributed by atoms with van der Waals surface area (Å²) in [4.78, 5) is 41.2. The Kier molecular flexibility index (Phi) is 5.44. The van der Waals surface area contributed by atoms with Crippen LogP contribution in [0.3, 0.4) is 0 Å². The van der Waals surface area contributed by atoms with Crippen LogP contribution in [0.15, 0.2) is 48.5 Å². The number of thiophene rings is 1. The molecule has 36 heavy (non-hydrogen) atoms. The fourth-order valence-corrected chi connectivity index (χ4v) is 8.54. The number of fused-ring (bicyclic) bond motifs is 3. The van der Waals surface area contributed by atoms with Gasteiger partial charge in [0.25, 0.3) is 0 Å². The van der Waals surface area contributed by atoms with Crippen molar-refractivity contribution in [3.8, 4) is 11.5 Å². The van der Waals surface area contributed by atoms with E-state index in [1.54, 1.807) is 25.6 Å². The van der Waals surface area contributed by atoms with Gasteiger partial charge in [-0.1, -0.05) is 0 Å². The molecule has 9 nitrogen and oxygen atoms in total. The van der Waals surface area contributed by atoms with Crippen molar-refractivity contribution >= 4 is 53.0 Å². The van der Waals surface area contributed by atoms with Crippen LogP contribution in [0.1, 0.15) is 33.4 Å². The molecule has 2 aromatic heterocycles. The minimum absolute atomic E-state index is 0.141. The molecule has 182 valence electrons. The summed E-state index contributed by atoms with van der Waals surface area (Å²) in [5.74, 6) is -1.16. The molecule has 2 aromatic carbocycles. The molecule has 0 radical (unpaired) electrons. The van der Waals surface area contributed by atoms with Crippen LogP contribution in [0.25, 0.3) is 9.09 Å². The molecular formula is C25H20N4O5SSe. The third kappa shape index (κ3) is 3.23. The van der Waals surface area contributed by atoms with Crippen LogP contribution in [0.2, 0.25) is 0 Å². The normalized spacial score (nSPS) is 20.7.